The summed E-state index contributed by atoms with van der Waals surface area (Å²) in [4.78, 5) is 11.5. The van der Waals surface area contributed by atoms with E-state index in [4.69, 9.17) is 4.74 Å². The minimum atomic E-state index is 0.547. The van der Waals surface area contributed by atoms with E-state index < -0.39 is 0 Å². The van der Waals surface area contributed by atoms with Gasteiger partial charge in [0.1, 0.15) is 17.2 Å². The van der Waals surface area contributed by atoms with Gasteiger partial charge in [0.2, 0.25) is 0 Å². The molecule has 0 aliphatic carbocycles. The van der Waals surface area contributed by atoms with E-state index in [9.17, 15) is 4.79 Å². The maximum Gasteiger partial charge on any atom is 0.153 e. The Morgan fingerprint density at radius 3 is 2.11 bits per heavy atom. The molecule has 4 rings (SSSR count). The topological polar surface area (TPSA) is 44.1 Å². The number of carbonyl (C=O) groups is 1. The third-order valence-electron chi connectivity index (χ3n) is 4.27. The molecule has 0 fully saturated rings. The fraction of sp³-hybridized carbons (Fsp3) is 0.0435. The third-order valence-corrected chi connectivity index (χ3v) is 4.27. The van der Waals surface area contributed by atoms with Gasteiger partial charge in [-0.1, -0.05) is 35.9 Å². The molecule has 0 N–H and O–H groups in total. The minimum Gasteiger partial charge on any atom is -0.457 e. The zero-order chi connectivity index (χ0) is 18.6. The van der Waals surface area contributed by atoms with E-state index in [1.807, 2.05) is 85.8 Å². The average molecular weight is 354 g/mol. The lowest BCUT2D eigenvalue weighted by molar-refractivity contribution is 0.112. The molecule has 3 aromatic carbocycles. The summed E-state index contributed by atoms with van der Waals surface area (Å²) >= 11 is 0. The number of hydrogen-bond donors (Lipinski definition) is 0. The van der Waals surface area contributed by atoms with Gasteiger partial charge in [-0.05, 0) is 55.5 Å². The molecule has 0 aliphatic heterocycles. The van der Waals surface area contributed by atoms with Crippen molar-refractivity contribution in [2.45, 2.75) is 6.92 Å². The summed E-state index contributed by atoms with van der Waals surface area (Å²) in [5.41, 5.74) is 4.16. The highest BCUT2D eigenvalue weighted by atomic mass is 16.5. The quantitative estimate of drug-likeness (QED) is 0.448. The summed E-state index contributed by atoms with van der Waals surface area (Å²) in [5.74, 6) is 1.52. The molecular weight excluding hydrogens is 336 g/mol. The molecule has 0 atom stereocenters. The number of aryl methyl sites for hydroxylation is 1. The van der Waals surface area contributed by atoms with Crippen LogP contribution in [0.25, 0.3) is 16.9 Å². The Hall–Kier alpha value is -3.66. The standard InChI is InChI=1S/C23H18N2O2/c1-17-7-11-21(12-8-17)27-22-13-9-18(10-14-22)23-19(16-26)15-25(24-23)20-5-3-2-4-6-20/h2-16H,1H3. The van der Waals surface area contributed by atoms with Gasteiger partial charge >= 0.3 is 0 Å². The molecule has 1 aromatic heterocycles. The highest BCUT2D eigenvalue weighted by Gasteiger charge is 2.12. The maximum atomic E-state index is 11.5. The van der Waals surface area contributed by atoms with Crippen LogP contribution in [0.1, 0.15) is 15.9 Å². The summed E-state index contributed by atoms with van der Waals surface area (Å²) in [7, 11) is 0. The van der Waals surface area contributed by atoms with Crippen molar-refractivity contribution in [3.8, 4) is 28.4 Å². The van der Waals surface area contributed by atoms with Crippen LogP contribution in [0.5, 0.6) is 11.5 Å². The first-order valence-electron chi connectivity index (χ1n) is 8.68. The van der Waals surface area contributed by atoms with Gasteiger partial charge in [0, 0.05) is 11.8 Å². The van der Waals surface area contributed by atoms with E-state index in [1.54, 1.807) is 10.9 Å². The smallest absolute Gasteiger partial charge is 0.153 e. The Morgan fingerprint density at radius 1 is 0.852 bits per heavy atom. The zero-order valence-corrected chi connectivity index (χ0v) is 14.9. The van der Waals surface area contributed by atoms with Crippen LogP contribution < -0.4 is 4.74 Å². The lowest BCUT2D eigenvalue weighted by atomic mass is 10.1. The first kappa shape index (κ1) is 16.8. The number of carbonyl (C=O) groups excluding carboxylic acids is 1. The second-order valence-corrected chi connectivity index (χ2v) is 6.27. The van der Waals surface area contributed by atoms with Crippen molar-refractivity contribution in [1.29, 1.82) is 0 Å². The molecule has 132 valence electrons. The van der Waals surface area contributed by atoms with Gasteiger partial charge in [0.25, 0.3) is 0 Å². The Kier molecular flexibility index (Phi) is 4.54. The number of ether oxygens (including phenoxy) is 1. The number of benzene rings is 3. The Bertz CT molecular complexity index is 1050. The summed E-state index contributed by atoms with van der Waals surface area (Å²) in [6.07, 6.45) is 2.58. The number of aldehydes is 1. The Balaban J connectivity index is 1.61. The van der Waals surface area contributed by atoms with Crippen LogP contribution in [-0.4, -0.2) is 16.1 Å². The summed E-state index contributed by atoms with van der Waals surface area (Å²) in [5, 5.41) is 4.59. The lowest BCUT2D eigenvalue weighted by Crippen LogP contribution is -1.94. The second kappa shape index (κ2) is 7.30. The van der Waals surface area contributed by atoms with Gasteiger partial charge in [-0.3, -0.25) is 4.79 Å². The van der Waals surface area contributed by atoms with Crippen molar-refractivity contribution in [2.24, 2.45) is 0 Å². The van der Waals surface area contributed by atoms with Crippen molar-refractivity contribution in [1.82, 2.24) is 9.78 Å². The number of nitrogens with zero attached hydrogens (tertiary/aromatic N) is 2. The van der Waals surface area contributed by atoms with Crippen molar-refractivity contribution in [3.05, 3.63) is 96.2 Å². The molecule has 0 saturated heterocycles. The summed E-state index contributed by atoms with van der Waals surface area (Å²) in [6, 6.07) is 25.2. The molecule has 0 spiro atoms. The van der Waals surface area contributed by atoms with Crippen LogP contribution in [0, 0.1) is 6.92 Å². The maximum absolute atomic E-state index is 11.5. The van der Waals surface area contributed by atoms with Crippen LogP contribution in [0.4, 0.5) is 0 Å². The molecular formula is C23H18N2O2. The highest BCUT2D eigenvalue weighted by molar-refractivity contribution is 5.85. The van der Waals surface area contributed by atoms with E-state index in [1.165, 1.54) is 5.56 Å². The van der Waals surface area contributed by atoms with Gasteiger partial charge in [-0.25, -0.2) is 4.68 Å². The molecule has 4 aromatic rings. The minimum absolute atomic E-state index is 0.547. The molecule has 0 unspecified atom stereocenters. The third kappa shape index (κ3) is 3.65. The van der Waals surface area contributed by atoms with E-state index >= 15 is 0 Å². The van der Waals surface area contributed by atoms with Crippen molar-refractivity contribution < 1.29 is 9.53 Å². The molecule has 4 heteroatoms. The average Bonchev–Trinajstić information content (AvgIpc) is 3.15. The van der Waals surface area contributed by atoms with Crippen LogP contribution in [0.15, 0.2) is 85.1 Å². The van der Waals surface area contributed by atoms with Gasteiger partial charge in [0.05, 0.1) is 11.3 Å². The first-order valence-corrected chi connectivity index (χ1v) is 8.68. The van der Waals surface area contributed by atoms with Crippen molar-refractivity contribution in [2.75, 3.05) is 0 Å². The number of aromatic nitrogens is 2. The largest absolute Gasteiger partial charge is 0.457 e. The molecule has 0 bridgehead atoms. The van der Waals surface area contributed by atoms with Gasteiger partial charge in [-0.15, -0.1) is 0 Å². The van der Waals surface area contributed by atoms with E-state index in [0.29, 0.717) is 11.3 Å². The summed E-state index contributed by atoms with van der Waals surface area (Å²) < 4.78 is 7.58. The van der Waals surface area contributed by atoms with Gasteiger partial charge in [-0.2, -0.15) is 5.10 Å². The van der Waals surface area contributed by atoms with Crippen LogP contribution in [0.3, 0.4) is 0 Å². The SMILES string of the molecule is Cc1ccc(Oc2ccc(-c3nn(-c4ccccc4)cc3C=O)cc2)cc1. The molecule has 0 radical (unpaired) electrons. The van der Waals surface area contributed by atoms with Crippen LogP contribution >= 0.6 is 0 Å². The molecule has 4 nitrogen and oxygen atoms in total. The monoisotopic (exact) mass is 354 g/mol. The normalized spacial score (nSPS) is 10.6. The van der Waals surface area contributed by atoms with Crippen molar-refractivity contribution >= 4 is 6.29 Å². The van der Waals surface area contributed by atoms with E-state index in [0.717, 1.165) is 29.0 Å². The number of hydrogen-bond acceptors (Lipinski definition) is 3. The molecule has 1 heterocycles. The first-order chi connectivity index (χ1) is 13.2. The predicted octanol–water partition coefficient (Wildman–Crippen LogP) is 5.45. The number of rotatable bonds is 5. The molecule has 0 saturated carbocycles. The van der Waals surface area contributed by atoms with Crippen LogP contribution in [-0.2, 0) is 0 Å². The summed E-state index contributed by atoms with van der Waals surface area (Å²) in [6.45, 7) is 2.04. The Morgan fingerprint density at radius 2 is 1.48 bits per heavy atom. The second-order valence-electron chi connectivity index (χ2n) is 6.27. The fourth-order valence-corrected chi connectivity index (χ4v) is 2.83. The van der Waals surface area contributed by atoms with E-state index in [2.05, 4.69) is 5.10 Å². The predicted molar refractivity (Wildman–Crippen MR) is 106 cm³/mol. The molecule has 27 heavy (non-hydrogen) atoms. The van der Waals surface area contributed by atoms with Crippen molar-refractivity contribution in [3.63, 3.8) is 0 Å². The lowest BCUT2D eigenvalue weighted by Gasteiger charge is -2.07. The highest BCUT2D eigenvalue weighted by Crippen LogP contribution is 2.27. The Labute approximate surface area is 157 Å². The van der Waals surface area contributed by atoms with Gasteiger partial charge in [0.15, 0.2) is 6.29 Å². The van der Waals surface area contributed by atoms with Gasteiger partial charge < -0.3 is 4.74 Å². The molecule has 0 aliphatic rings. The van der Waals surface area contributed by atoms with Crippen LogP contribution in [0.2, 0.25) is 0 Å². The van der Waals surface area contributed by atoms with E-state index in [-0.39, 0.29) is 0 Å². The molecule has 0 amide bonds. The number of para-hydroxylation sites is 1. The fourth-order valence-electron chi connectivity index (χ4n) is 2.83. The zero-order valence-electron chi connectivity index (χ0n) is 14.9.